The molecule has 1 aliphatic heterocycles. The molecule has 3 rings (SSSR count). The maximum Gasteiger partial charge on any atom is 0.241 e. The molecular weight excluding hydrogens is 180 g/mol. The minimum Gasteiger partial charge on any atom is -0.322 e. The Morgan fingerprint density at radius 1 is 1.57 bits per heavy atom. The first-order chi connectivity index (χ1) is 6.83. The number of carbonyl (C=O) groups excluding carboxylic acids is 1. The predicted octanol–water partition coefficient (Wildman–Crippen LogP) is 0.0986. The van der Waals surface area contributed by atoms with Crippen molar-refractivity contribution < 1.29 is 4.79 Å². The van der Waals surface area contributed by atoms with Gasteiger partial charge in [-0.3, -0.25) is 9.89 Å². The lowest BCUT2D eigenvalue weighted by atomic mass is 10.1. The summed E-state index contributed by atoms with van der Waals surface area (Å²) >= 11 is 0. The van der Waals surface area contributed by atoms with Crippen LogP contribution >= 0.6 is 0 Å². The number of hydrogen-bond donors (Lipinski definition) is 3. The first-order valence-electron chi connectivity index (χ1n) is 4.88. The third kappa shape index (κ3) is 1.29. The molecule has 3 atom stereocenters. The Hall–Kier alpha value is -1.36. The van der Waals surface area contributed by atoms with Crippen LogP contribution < -0.4 is 10.6 Å². The minimum absolute atomic E-state index is 0.00588. The number of nitrogens with zero attached hydrogens (tertiary/aromatic N) is 1. The lowest BCUT2D eigenvalue weighted by molar-refractivity contribution is -0.118. The van der Waals surface area contributed by atoms with E-state index in [0.717, 1.165) is 18.0 Å². The van der Waals surface area contributed by atoms with Crippen molar-refractivity contribution in [2.45, 2.75) is 24.9 Å². The number of aromatic amines is 1. The van der Waals surface area contributed by atoms with Crippen LogP contribution in [0, 0.1) is 5.92 Å². The molecule has 3 N–H and O–H groups in total. The second-order valence-corrected chi connectivity index (χ2v) is 4.03. The molecule has 1 saturated carbocycles. The standard InChI is InChI=1S/C9H12N4O/c14-9(12-6-3-10-11-4-6)8-2-5-1-7(5)13-8/h3-5,7-8,13H,1-2H2,(H,10,11)(H,12,14)/t5-,7-,8+/m1/s1. The molecule has 2 aliphatic rings. The van der Waals surface area contributed by atoms with Gasteiger partial charge in [-0.15, -0.1) is 0 Å². The number of amides is 1. The summed E-state index contributed by atoms with van der Waals surface area (Å²) in [7, 11) is 0. The summed E-state index contributed by atoms with van der Waals surface area (Å²) < 4.78 is 0. The van der Waals surface area contributed by atoms with Crippen LogP contribution in [0.4, 0.5) is 5.69 Å². The zero-order chi connectivity index (χ0) is 9.54. The lowest BCUT2D eigenvalue weighted by Crippen LogP contribution is -2.37. The first kappa shape index (κ1) is 7.99. The van der Waals surface area contributed by atoms with Crippen LogP contribution in [-0.4, -0.2) is 28.2 Å². The fourth-order valence-electron chi connectivity index (χ4n) is 2.07. The largest absolute Gasteiger partial charge is 0.322 e. The van der Waals surface area contributed by atoms with Crippen molar-refractivity contribution in [1.82, 2.24) is 15.5 Å². The molecule has 14 heavy (non-hydrogen) atoms. The number of hydrogen-bond acceptors (Lipinski definition) is 3. The van der Waals surface area contributed by atoms with Crippen LogP contribution in [0.1, 0.15) is 12.8 Å². The smallest absolute Gasteiger partial charge is 0.241 e. The van der Waals surface area contributed by atoms with E-state index in [1.165, 1.54) is 6.42 Å². The number of fused-ring (bicyclic) bond motifs is 1. The molecule has 0 aromatic carbocycles. The van der Waals surface area contributed by atoms with Crippen LogP contribution in [-0.2, 0) is 4.79 Å². The molecule has 0 radical (unpaired) electrons. The van der Waals surface area contributed by atoms with Gasteiger partial charge in [0.2, 0.25) is 5.91 Å². The number of anilines is 1. The normalized spacial score (nSPS) is 33.9. The molecule has 5 nitrogen and oxygen atoms in total. The van der Waals surface area contributed by atoms with Gasteiger partial charge in [0.1, 0.15) is 0 Å². The maximum absolute atomic E-state index is 11.7. The van der Waals surface area contributed by atoms with Gasteiger partial charge in [-0.2, -0.15) is 5.10 Å². The summed E-state index contributed by atoms with van der Waals surface area (Å²) in [6.07, 6.45) is 5.50. The SMILES string of the molecule is O=C(Nc1cn[nH]c1)[C@@H]1C[C@H]2C[C@H]2N1. The lowest BCUT2D eigenvalue weighted by Gasteiger charge is -2.11. The molecule has 0 bridgehead atoms. The summed E-state index contributed by atoms with van der Waals surface area (Å²) in [6.45, 7) is 0. The zero-order valence-electron chi connectivity index (χ0n) is 7.66. The van der Waals surface area contributed by atoms with E-state index < -0.39 is 0 Å². The highest BCUT2D eigenvalue weighted by Crippen LogP contribution is 2.40. The highest BCUT2D eigenvalue weighted by atomic mass is 16.2. The summed E-state index contributed by atoms with van der Waals surface area (Å²) in [5, 5.41) is 12.5. The second kappa shape index (κ2) is 2.81. The van der Waals surface area contributed by atoms with E-state index in [-0.39, 0.29) is 11.9 Å². The van der Waals surface area contributed by atoms with Gasteiger partial charge in [-0.1, -0.05) is 0 Å². The molecular formula is C9H12N4O. The average molecular weight is 192 g/mol. The number of nitrogens with one attached hydrogen (secondary N) is 3. The second-order valence-electron chi connectivity index (χ2n) is 4.03. The first-order valence-corrected chi connectivity index (χ1v) is 4.88. The molecule has 5 heteroatoms. The molecule has 1 aliphatic carbocycles. The van der Waals surface area contributed by atoms with Gasteiger partial charge in [0.15, 0.2) is 0 Å². The fraction of sp³-hybridized carbons (Fsp3) is 0.556. The fourth-order valence-corrected chi connectivity index (χ4v) is 2.07. The van der Waals surface area contributed by atoms with Crippen molar-refractivity contribution in [1.29, 1.82) is 0 Å². The number of H-pyrrole nitrogens is 1. The summed E-state index contributed by atoms with van der Waals surface area (Å²) in [5.41, 5.74) is 0.734. The van der Waals surface area contributed by atoms with Crippen LogP contribution in [0.2, 0.25) is 0 Å². The number of carbonyl (C=O) groups is 1. The maximum atomic E-state index is 11.7. The van der Waals surface area contributed by atoms with E-state index in [4.69, 9.17) is 0 Å². The quantitative estimate of drug-likeness (QED) is 0.622. The Morgan fingerprint density at radius 2 is 2.50 bits per heavy atom. The monoisotopic (exact) mass is 192 g/mol. The van der Waals surface area contributed by atoms with Crippen LogP contribution in [0.15, 0.2) is 12.4 Å². The van der Waals surface area contributed by atoms with Crippen molar-refractivity contribution in [3.63, 3.8) is 0 Å². The van der Waals surface area contributed by atoms with Gasteiger partial charge in [-0.05, 0) is 18.8 Å². The Balaban J connectivity index is 1.60. The molecule has 74 valence electrons. The summed E-state index contributed by atoms with van der Waals surface area (Å²) in [5.74, 6) is 0.800. The van der Waals surface area contributed by atoms with E-state index in [2.05, 4.69) is 20.8 Å². The van der Waals surface area contributed by atoms with Gasteiger partial charge < -0.3 is 10.6 Å². The summed E-state index contributed by atoms with van der Waals surface area (Å²) in [6, 6.07) is 0.601. The number of rotatable bonds is 2. The van der Waals surface area contributed by atoms with E-state index in [0.29, 0.717) is 6.04 Å². The average Bonchev–Trinajstić information content (AvgIpc) is 2.68. The molecule has 2 heterocycles. The van der Waals surface area contributed by atoms with Gasteiger partial charge >= 0.3 is 0 Å². The third-order valence-corrected chi connectivity index (χ3v) is 2.96. The van der Waals surface area contributed by atoms with Gasteiger partial charge in [0, 0.05) is 12.2 Å². The van der Waals surface area contributed by atoms with Crippen molar-refractivity contribution in [3.8, 4) is 0 Å². The molecule has 0 unspecified atom stereocenters. The summed E-state index contributed by atoms with van der Waals surface area (Å²) in [4.78, 5) is 11.7. The van der Waals surface area contributed by atoms with Gasteiger partial charge in [0.25, 0.3) is 0 Å². The highest BCUT2D eigenvalue weighted by molar-refractivity contribution is 5.95. The topological polar surface area (TPSA) is 69.8 Å². The molecule has 1 saturated heterocycles. The number of aromatic nitrogens is 2. The predicted molar refractivity (Wildman–Crippen MR) is 50.7 cm³/mol. The van der Waals surface area contributed by atoms with E-state index >= 15 is 0 Å². The van der Waals surface area contributed by atoms with E-state index in [1.54, 1.807) is 12.4 Å². The molecule has 1 aromatic heterocycles. The van der Waals surface area contributed by atoms with Crippen LogP contribution in [0.3, 0.4) is 0 Å². The molecule has 1 amide bonds. The zero-order valence-corrected chi connectivity index (χ0v) is 7.66. The van der Waals surface area contributed by atoms with Crippen molar-refractivity contribution in [3.05, 3.63) is 12.4 Å². The Morgan fingerprint density at radius 3 is 3.14 bits per heavy atom. The van der Waals surface area contributed by atoms with Crippen molar-refractivity contribution >= 4 is 11.6 Å². The van der Waals surface area contributed by atoms with Gasteiger partial charge in [-0.25, -0.2) is 0 Å². The Bertz CT molecular complexity index is 338. The Kier molecular flexibility index (Phi) is 1.61. The highest BCUT2D eigenvalue weighted by Gasteiger charge is 2.47. The Labute approximate surface area is 81.3 Å². The molecule has 0 spiro atoms. The molecule has 2 fully saturated rings. The van der Waals surface area contributed by atoms with Crippen molar-refractivity contribution in [2.75, 3.05) is 5.32 Å². The van der Waals surface area contributed by atoms with Crippen molar-refractivity contribution in [2.24, 2.45) is 5.92 Å². The third-order valence-electron chi connectivity index (χ3n) is 2.96. The van der Waals surface area contributed by atoms with E-state index in [9.17, 15) is 4.79 Å². The van der Waals surface area contributed by atoms with Gasteiger partial charge in [0.05, 0.1) is 17.9 Å². The molecule has 1 aromatic rings. The minimum atomic E-state index is -0.00588. The van der Waals surface area contributed by atoms with Crippen LogP contribution in [0.5, 0.6) is 0 Å². The van der Waals surface area contributed by atoms with Crippen LogP contribution in [0.25, 0.3) is 0 Å². The van der Waals surface area contributed by atoms with E-state index in [1.807, 2.05) is 0 Å². The number of piperidine rings is 1.